The first kappa shape index (κ1) is 18.0. The number of imide groups is 1. The Morgan fingerprint density at radius 2 is 1.79 bits per heavy atom. The zero-order valence-corrected chi connectivity index (χ0v) is 14.9. The van der Waals surface area contributed by atoms with Gasteiger partial charge in [0.05, 0.1) is 0 Å². The number of carbonyl (C=O) groups excluding carboxylic acids is 3. The molecule has 1 atom stereocenters. The molecule has 2 rings (SSSR count). The summed E-state index contributed by atoms with van der Waals surface area (Å²) in [6.07, 6.45) is 0.568. The molecule has 2 N–H and O–H groups in total. The number of nitrogens with one attached hydrogen (secondary N) is 2. The van der Waals surface area contributed by atoms with E-state index in [1.54, 1.807) is 0 Å². The Labute approximate surface area is 142 Å². The summed E-state index contributed by atoms with van der Waals surface area (Å²) in [5.74, 6) is -0.425. The first-order chi connectivity index (χ1) is 11.2. The molecule has 0 spiro atoms. The third-order valence-corrected chi connectivity index (χ3v) is 4.06. The molecule has 0 aliphatic carbocycles. The third-order valence-electron chi connectivity index (χ3n) is 4.06. The van der Waals surface area contributed by atoms with Crippen LogP contribution >= 0.6 is 0 Å². The number of carbonyl (C=O) groups is 3. The van der Waals surface area contributed by atoms with Crippen molar-refractivity contribution in [3.63, 3.8) is 0 Å². The quantitative estimate of drug-likeness (QED) is 0.814. The van der Waals surface area contributed by atoms with E-state index in [1.807, 2.05) is 46.8 Å². The fourth-order valence-corrected chi connectivity index (χ4v) is 3.06. The van der Waals surface area contributed by atoms with Gasteiger partial charge in [-0.1, -0.05) is 31.5 Å². The van der Waals surface area contributed by atoms with Gasteiger partial charge in [0.25, 0.3) is 5.91 Å². The highest BCUT2D eigenvalue weighted by Crippen LogP contribution is 2.22. The van der Waals surface area contributed by atoms with Crippen molar-refractivity contribution in [2.75, 3.05) is 11.9 Å². The average molecular weight is 331 g/mol. The number of amides is 4. The maximum Gasteiger partial charge on any atom is 0.325 e. The fourth-order valence-electron chi connectivity index (χ4n) is 3.06. The predicted octanol–water partition coefficient (Wildman–Crippen LogP) is 2.52. The van der Waals surface area contributed by atoms with E-state index in [4.69, 9.17) is 0 Å². The van der Waals surface area contributed by atoms with Gasteiger partial charge in [-0.3, -0.25) is 14.5 Å². The number of hydrogen-bond donors (Lipinski definition) is 2. The molecule has 0 radical (unpaired) electrons. The first-order valence-electron chi connectivity index (χ1n) is 8.18. The van der Waals surface area contributed by atoms with Gasteiger partial charge in [0, 0.05) is 5.69 Å². The second-order valence-electron chi connectivity index (χ2n) is 6.88. The average Bonchev–Trinajstić information content (AvgIpc) is 2.70. The van der Waals surface area contributed by atoms with Gasteiger partial charge in [-0.25, -0.2) is 4.79 Å². The molecule has 6 heteroatoms. The molecule has 1 heterocycles. The molecule has 4 amide bonds. The number of aryl methyl sites for hydroxylation is 3. The third kappa shape index (κ3) is 3.93. The number of benzene rings is 1. The minimum Gasteiger partial charge on any atom is -0.326 e. The number of hydrogen-bond acceptors (Lipinski definition) is 3. The van der Waals surface area contributed by atoms with Gasteiger partial charge >= 0.3 is 6.03 Å². The SMILES string of the molecule is Cc1cc(C)c(NC(=O)CN2C(=O)NC(CC(C)C)C2=O)c(C)c1. The van der Waals surface area contributed by atoms with Crippen molar-refractivity contribution in [2.24, 2.45) is 5.92 Å². The van der Waals surface area contributed by atoms with Crippen molar-refractivity contribution in [3.8, 4) is 0 Å². The van der Waals surface area contributed by atoms with Crippen molar-refractivity contribution in [1.82, 2.24) is 10.2 Å². The summed E-state index contributed by atoms with van der Waals surface area (Å²) in [4.78, 5) is 37.5. The molecule has 1 aromatic rings. The smallest absolute Gasteiger partial charge is 0.325 e. The van der Waals surface area contributed by atoms with Gasteiger partial charge in [0.15, 0.2) is 0 Å². The lowest BCUT2D eigenvalue weighted by atomic mass is 10.0. The van der Waals surface area contributed by atoms with Crippen molar-refractivity contribution in [1.29, 1.82) is 0 Å². The molecule has 1 unspecified atom stereocenters. The predicted molar refractivity (Wildman–Crippen MR) is 92.8 cm³/mol. The Morgan fingerprint density at radius 3 is 2.33 bits per heavy atom. The van der Waals surface area contributed by atoms with Crippen molar-refractivity contribution in [2.45, 2.75) is 47.1 Å². The minimum atomic E-state index is -0.534. The summed E-state index contributed by atoms with van der Waals surface area (Å²) in [5.41, 5.74) is 3.76. The number of rotatable bonds is 5. The van der Waals surface area contributed by atoms with E-state index in [0.29, 0.717) is 6.42 Å². The minimum absolute atomic E-state index is 0.272. The number of anilines is 1. The Bertz CT molecular complexity index is 659. The monoisotopic (exact) mass is 331 g/mol. The van der Waals surface area contributed by atoms with Gasteiger partial charge in [-0.2, -0.15) is 0 Å². The molecular weight excluding hydrogens is 306 g/mol. The van der Waals surface area contributed by atoms with E-state index in [2.05, 4.69) is 10.6 Å². The Balaban J connectivity index is 2.05. The van der Waals surface area contributed by atoms with Crippen molar-refractivity contribution >= 4 is 23.5 Å². The number of urea groups is 1. The molecule has 130 valence electrons. The topological polar surface area (TPSA) is 78.5 Å². The van der Waals surface area contributed by atoms with Crippen LogP contribution in [0.2, 0.25) is 0 Å². The van der Waals surface area contributed by atoms with E-state index >= 15 is 0 Å². The maximum atomic E-state index is 12.3. The van der Waals surface area contributed by atoms with Crippen LogP contribution in [0.1, 0.15) is 37.0 Å². The molecule has 1 aromatic carbocycles. The molecule has 24 heavy (non-hydrogen) atoms. The molecule has 0 saturated carbocycles. The van der Waals surface area contributed by atoms with E-state index in [-0.39, 0.29) is 24.3 Å². The fraction of sp³-hybridized carbons (Fsp3) is 0.500. The van der Waals surface area contributed by atoms with E-state index in [9.17, 15) is 14.4 Å². The molecule has 1 aliphatic rings. The summed E-state index contributed by atoms with van der Waals surface area (Å²) < 4.78 is 0. The highest BCUT2D eigenvalue weighted by Gasteiger charge is 2.39. The summed E-state index contributed by atoms with van der Waals surface area (Å²) in [6.45, 7) is 9.53. The lowest BCUT2D eigenvalue weighted by molar-refractivity contribution is -0.131. The van der Waals surface area contributed by atoms with Crippen molar-refractivity contribution < 1.29 is 14.4 Å². The molecule has 0 aromatic heterocycles. The Morgan fingerprint density at radius 1 is 1.21 bits per heavy atom. The van der Waals surface area contributed by atoms with E-state index < -0.39 is 12.1 Å². The van der Waals surface area contributed by atoms with Crippen LogP contribution in [0.4, 0.5) is 10.5 Å². The molecule has 1 fully saturated rings. The molecule has 1 saturated heterocycles. The second-order valence-corrected chi connectivity index (χ2v) is 6.88. The van der Waals surface area contributed by atoms with Crippen LogP contribution in [0.15, 0.2) is 12.1 Å². The van der Waals surface area contributed by atoms with Gasteiger partial charge in [0.1, 0.15) is 12.6 Å². The normalized spacial score (nSPS) is 17.4. The van der Waals surface area contributed by atoms with Crippen LogP contribution in [0.5, 0.6) is 0 Å². The standard InChI is InChI=1S/C18H25N3O3/c1-10(2)6-14-17(23)21(18(24)19-14)9-15(22)20-16-12(4)7-11(3)8-13(16)5/h7-8,10,14H,6,9H2,1-5H3,(H,19,24)(H,20,22). The maximum absolute atomic E-state index is 12.3. The zero-order valence-electron chi connectivity index (χ0n) is 14.9. The van der Waals surface area contributed by atoms with E-state index in [0.717, 1.165) is 27.3 Å². The van der Waals surface area contributed by atoms with Crippen LogP contribution in [-0.2, 0) is 9.59 Å². The molecule has 6 nitrogen and oxygen atoms in total. The molecular formula is C18H25N3O3. The molecule has 1 aliphatic heterocycles. The second kappa shape index (κ2) is 7.03. The van der Waals surface area contributed by atoms with Gasteiger partial charge < -0.3 is 10.6 Å². The summed E-state index contributed by atoms with van der Waals surface area (Å²) in [5, 5.41) is 5.46. The van der Waals surface area contributed by atoms with Gasteiger partial charge in [0.2, 0.25) is 5.91 Å². The first-order valence-corrected chi connectivity index (χ1v) is 8.18. The lowest BCUT2D eigenvalue weighted by Crippen LogP contribution is -2.38. The van der Waals surface area contributed by atoms with Crippen LogP contribution in [-0.4, -0.2) is 35.3 Å². The summed E-state index contributed by atoms with van der Waals surface area (Å²) in [6, 6.07) is 2.93. The Kier molecular flexibility index (Phi) is 5.26. The zero-order chi connectivity index (χ0) is 18.0. The Hall–Kier alpha value is -2.37. The van der Waals surface area contributed by atoms with Crippen LogP contribution in [0.3, 0.4) is 0 Å². The molecule has 0 bridgehead atoms. The summed E-state index contributed by atoms with van der Waals surface area (Å²) in [7, 11) is 0. The van der Waals surface area contributed by atoms with Crippen molar-refractivity contribution in [3.05, 3.63) is 28.8 Å². The van der Waals surface area contributed by atoms with E-state index in [1.165, 1.54) is 0 Å². The van der Waals surface area contributed by atoms with Crippen LogP contribution < -0.4 is 10.6 Å². The lowest BCUT2D eigenvalue weighted by Gasteiger charge is -2.16. The van der Waals surface area contributed by atoms with Crippen LogP contribution in [0.25, 0.3) is 0 Å². The van der Waals surface area contributed by atoms with Gasteiger partial charge in [-0.05, 0) is 44.2 Å². The van der Waals surface area contributed by atoms with Crippen LogP contribution in [0, 0.1) is 26.7 Å². The highest BCUT2D eigenvalue weighted by molar-refractivity contribution is 6.08. The summed E-state index contributed by atoms with van der Waals surface area (Å²) >= 11 is 0. The van der Waals surface area contributed by atoms with Gasteiger partial charge in [-0.15, -0.1) is 0 Å². The number of nitrogens with zero attached hydrogens (tertiary/aromatic N) is 1. The largest absolute Gasteiger partial charge is 0.326 e. The highest BCUT2D eigenvalue weighted by atomic mass is 16.2.